The zero-order chi connectivity index (χ0) is 14.0. The fourth-order valence-electron chi connectivity index (χ4n) is 1.70. The highest BCUT2D eigenvalue weighted by molar-refractivity contribution is 8.00. The van der Waals surface area contributed by atoms with Gasteiger partial charge >= 0.3 is 5.97 Å². The predicted octanol–water partition coefficient (Wildman–Crippen LogP) is 2.44. The van der Waals surface area contributed by atoms with E-state index < -0.39 is 5.97 Å². The third-order valence-corrected chi connectivity index (χ3v) is 5.66. The molecule has 0 aromatic carbocycles. The van der Waals surface area contributed by atoms with E-state index in [-0.39, 0.29) is 11.5 Å². The van der Waals surface area contributed by atoms with Gasteiger partial charge in [-0.25, -0.2) is 9.78 Å². The Morgan fingerprint density at radius 2 is 2.21 bits per heavy atom. The lowest BCUT2D eigenvalue weighted by Crippen LogP contribution is -2.17. The molecule has 0 bridgehead atoms. The first-order valence-corrected chi connectivity index (χ1v) is 7.94. The molecule has 1 saturated carbocycles. The molecule has 0 radical (unpaired) electrons. The van der Waals surface area contributed by atoms with Gasteiger partial charge in [0, 0.05) is 18.2 Å². The number of carbonyl (C=O) groups is 2. The molecule has 1 aliphatic rings. The molecular weight excluding hydrogens is 284 g/mol. The molecule has 0 saturated heterocycles. The Morgan fingerprint density at radius 1 is 1.53 bits per heavy atom. The molecule has 1 heterocycles. The first-order chi connectivity index (χ1) is 9.01. The van der Waals surface area contributed by atoms with Crippen LogP contribution in [0.4, 0.5) is 5.13 Å². The van der Waals surface area contributed by atoms with Crippen LogP contribution >= 0.6 is 23.1 Å². The van der Waals surface area contributed by atoms with Crippen molar-refractivity contribution in [3.63, 3.8) is 0 Å². The van der Waals surface area contributed by atoms with Crippen LogP contribution < -0.4 is 5.32 Å². The highest BCUT2D eigenvalue weighted by Gasteiger charge is 2.41. The highest BCUT2D eigenvalue weighted by atomic mass is 32.2. The summed E-state index contributed by atoms with van der Waals surface area (Å²) in [7, 11) is 1.28. The number of anilines is 1. The van der Waals surface area contributed by atoms with Crippen molar-refractivity contribution in [3.8, 4) is 0 Å². The van der Waals surface area contributed by atoms with Gasteiger partial charge in [-0.15, -0.1) is 0 Å². The maximum absolute atomic E-state index is 11.6. The summed E-state index contributed by atoms with van der Waals surface area (Å²) in [5.41, 5.74) is 0.108. The monoisotopic (exact) mass is 300 g/mol. The second-order valence-electron chi connectivity index (χ2n) is 4.49. The third-order valence-electron chi connectivity index (χ3n) is 3.13. The summed E-state index contributed by atoms with van der Waals surface area (Å²) in [5.74, 6) is -0.738. The van der Waals surface area contributed by atoms with Crippen LogP contribution in [-0.2, 0) is 4.74 Å². The summed E-state index contributed by atoms with van der Waals surface area (Å²) in [6, 6.07) is 0. The van der Waals surface area contributed by atoms with Crippen LogP contribution in [0.5, 0.6) is 0 Å². The van der Waals surface area contributed by atoms with Crippen LogP contribution in [0.15, 0.2) is 0 Å². The molecular formula is C12H16N2O3S2. The number of methoxy groups -OCH3 is 1. The molecule has 1 fully saturated rings. The fourth-order valence-corrected chi connectivity index (χ4v) is 3.27. The van der Waals surface area contributed by atoms with Crippen molar-refractivity contribution in [3.05, 3.63) is 10.6 Å². The van der Waals surface area contributed by atoms with Crippen molar-refractivity contribution < 1.29 is 14.3 Å². The zero-order valence-corrected chi connectivity index (χ0v) is 12.7. The van der Waals surface area contributed by atoms with E-state index in [1.54, 1.807) is 0 Å². The molecule has 0 spiro atoms. The summed E-state index contributed by atoms with van der Waals surface area (Å²) in [6.45, 7) is 2.23. The van der Waals surface area contributed by atoms with Gasteiger partial charge in [-0.1, -0.05) is 11.3 Å². The standard InChI is InChI=1S/C12H16N2O3S2/c1-7(15)9-8(10(16)17-2)14-11(19-9)13-6-12(18-3)4-5-12/h4-6H2,1-3H3,(H,13,14). The quantitative estimate of drug-likeness (QED) is 0.643. The molecule has 5 nitrogen and oxygen atoms in total. The predicted molar refractivity (Wildman–Crippen MR) is 77.4 cm³/mol. The molecule has 2 rings (SSSR count). The van der Waals surface area contributed by atoms with Crippen molar-refractivity contribution in [2.24, 2.45) is 0 Å². The van der Waals surface area contributed by atoms with E-state index in [2.05, 4.69) is 21.3 Å². The van der Waals surface area contributed by atoms with Crippen molar-refractivity contribution in [2.45, 2.75) is 24.5 Å². The number of esters is 1. The summed E-state index contributed by atoms with van der Waals surface area (Å²) in [6.07, 6.45) is 4.48. The first-order valence-electron chi connectivity index (χ1n) is 5.90. The number of thiazole rings is 1. The van der Waals surface area contributed by atoms with Gasteiger partial charge in [-0.05, 0) is 19.1 Å². The largest absolute Gasteiger partial charge is 0.464 e. The molecule has 1 aliphatic carbocycles. The second-order valence-corrected chi connectivity index (χ2v) is 6.76. The number of thioether (sulfide) groups is 1. The van der Waals surface area contributed by atoms with Gasteiger partial charge in [0.15, 0.2) is 16.6 Å². The molecule has 0 unspecified atom stereocenters. The van der Waals surface area contributed by atoms with Crippen LogP contribution in [0.1, 0.15) is 39.9 Å². The van der Waals surface area contributed by atoms with E-state index >= 15 is 0 Å². The maximum atomic E-state index is 11.6. The summed E-state index contributed by atoms with van der Waals surface area (Å²) >= 11 is 3.05. The topological polar surface area (TPSA) is 68.3 Å². The minimum absolute atomic E-state index is 0.108. The van der Waals surface area contributed by atoms with Gasteiger partial charge < -0.3 is 10.1 Å². The van der Waals surface area contributed by atoms with E-state index in [1.165, 1.54) is 38.2 Å². The number of ether oxygens (including phenoxy) is 1. The maximum Gasteiger partial charge on any atom is 0.358 e. The van der Waals surface area contributed by atoms with E-state index in [1.807, 2.05) is 11.8 Å². The number of hydrogen-bond acceptors (Lipinski definition) is 7. The van der Waals surface area contributed by atoms with Gasteiger partial charge in [0.2, 0.25) is 0 Å². The zero-order valence-electron chi connectivity index (χ0n) is 11.1. The van der Waals surface area contributed by atoms with Gasteiger partial charge in [0.05, 0.1) is 7.11 Å². The summed E-state index contributed by atoms with van der Waals surface area (Å²) in [5, 5.41) is 3.82. The molecule has 1 N–H and O–H groups in total. The lowest BCUT2D eigenvalue weighted by atomic mass is 10.3. The normalized spacial score (nSPS) is 15.9. The van der Waals surface area contributed by atoms with E-state index in [0.717, 1.165) is 6.54 Å². The van der Waals surface area contributed by atoms with Crippen LogP contribution in [0, 0.1) is 0 Å². The van der Waals surface area contributed by atoms with Crippen LogP contribution in [-0.4, -0.2) is 41.4 Å². The molecule has 1 aromatic rings. The molecule has 1 aromatic heterocycles. The minimum atomic E-state index is -0.569. The molecule has 0 atom stereocenters. The minimum Gasteiger partial charge on any atom is -0.464 e. The van der Waals surface area contributed by atoms with Crippen LogP contribution in [0.25, 0.3) is 0 Å². The Hall–Kier alpha value is -1.08. The number of carbonyl (C=O) groups excluding carboxylic acids is 2. The number of nitrogens with zero attached hydrogens (tertiary/aromatic N) is 1. The number of hydrogen-bond donors (Lipinski definition) is 1. The fraction of sp³-hybridized carbons (Fsp3) is 0.583. The van der Waals surface area contributed by atoms with E-state index in [9.17, 15) is 9.59 Å². The van der Waals surface area contributed by atoms with Crippen molar-refractivity contribution in [1.29, 1.82) is 0 Å². The van der Waals surface area contributed by atoms with E-state index in [0.29, 0.717) is 14.8 Å². The average molecular weight is 300 g/mol. The highest BCUT2D eigenvalue weighted by Crippen LogP contribution is 2.47. The smallest absolute Gasteiger partial charge is 0.358 e. The van der Waals surface area contributed by atoms with Gasteiger partial charge in [-0.2, -0.15) is 11.8 Å². The lowest BCUT2D eigenvalue weighted by molar-refractivity contribution is 0.0591. The summed E-state index contributed by atoms with van der Waals surface area (Å²) in [4.78, 5) is 27.6. The second kappa shape index (κ2) is 5.50. The van der Waals surface area contributed by atoms with Gasteiger partial charge in [0.1, 0.15) is 4.88 Å². The number of rotatable bonds is 6. The number of Topliss-reactive ketones (excluding diaryl/α,β-unsaturated/α-hetero) is 1. The molecule has 0 aliphatic heterocycles. The van der Waals surface area contributed by atoms with Gasteiger partial charge in [0.25, 0.3) is 0 Å². The van der Waals surface area contributed by atoms with Crippen molar-refractivity contribution in [2.75, 3.05) is 25.2 Å². The van der Waals surface area contributed by atoms with Crippen LogP contribution in [0.3, 0.4) is 0 Å². The Morgan fingerprint density at radius 3 is 2.68 bits per heavy atom. The Labute approximate surface area is 120 Å². The Kier molecular flexibility index (Phi) is 4.15. The number of aromatic nitrogens is 1. The lowest BCUT2D eigenvalue weighted by Gasteiger charge is -2.11. The third kappa shape index (κ3) is 3.09. The summed E-state index contributed by atoms with van der Waals surface area (Å²) < 4.78 is 4.94. The average Bonchev–Trinajstić information content (AvgIpc) is 3.06. The van der Waals surface area contributed by atoms with Gasteiger partial charge in [-0.3, -0.25) is 4.79 Å². The molecule has 19 heavy (non-hydrogen) atoms. The number of nitrogens with one attached hydrogen (secondary N) is 1. The van der Waals surface area contributed by atoms with Crippen molar-refractivity contribution in [1.82, 2.24) is 4.98 Å². The van der Waals surface area contributed by atoms with Crippen LogP contribution in [0.2, 0.25) is 0 Å². The van der Waals surface area contributed by atoms with E-state index in [4.69, 9.17) is 0 Å². The molecule has 104 valence electrons. The SMILES string of the molecule is COC(=O)c1nc(NCC2(SC)CC2)sc1C(C)=O. The number of ketones is 1. The molecule has 0 amide bonds. The Balaban J connectivity index is 2.13. The van der Waals surface area contributed by atoms with Crippen molar-refractivity contribution >= 4 is 40.0 Å². The Bertz CT molecular complexity index is 509. The first kappa shape index (κ1) is 14.3. The molecule has 7 heteroatoms.